The van der Waals surface area contributed by atoms with Gasteiger partial charge in [-0.15, -0.1) is 22.7 Å². The number of fused-ring (bicyclic) bond motifs is 7. The Morgan fingerprint density at radius 2 is 1.15 bits per heavy atom. The van der Waals surface area contributed by atoms with Crippen LogP contribution < -0.4 is 0 Å². The Kier molecular flexibility index (Phi) is 5.05. The molecule has 2 nitrogen and oxygen atoms in total. The Bertz CT molecular complexity index is 1830. The minimum atomic E-state index is -0.0454. The predicted octanol–water partition coefficient (Wildman–Crippen LogP) is 10.7. The maximum Gasteiger partial charge on any atom is 0.113 e. The molecular formula is C34H36N2S3. The second-order valence-electron chi connectivity index (χ2n) is 14.5. The molecule has 7 rings (SSSR count). The van der Waals surface area contributed by atoms with Crippen LogP contribution in [0.2, 0.25) is 0 Å². The lowest BCUT2D eigenvalue weighted by atomic mass is 9.79. The normalized spacial score (nSPS) is 16.9. The molecule has 0 amide bonds. The molecule has 5 heteroatoms. The van der Waals surface area contributed by atoms with Gasteiger partial charge < -0.3 is 0 Å². The molecule has 0 spiro atoms. The Hall–Kier alpha value is -2.34. The summed E-state index contributed by atoms with van der Waals surface area (Å²) >= 11 is 5.26. The van der Waals surface area contributed by atoms with Crippen molar-refractivity contribution in [2.45, 2.75) is 90.9 Å². The van der Waals surface area contributed by atoms with Crippen molar-refractivity contribution in [2.24, 2.45) is 0 Å². The van der Waals surface area contributed by atoms with Gasteiger partial charge in [0.25, 0.3) is 0 Å². The average Bonchev–Trinajstić information content (AvgIpc) is 3.62. The first-order valence-electron chi connectivity index (χ1n) is 13.8. The molecular weight excluding hydrogens is 533 g/mol. The van der Waals surface area contributed by atoms with Crippen molar-refractivity contribution in [1.29, 1.82) is 0 Å². The summed E-state index contributed by atoms with van der Waals surface area (Å²) in [5.74, 6) is 0. The van der Waals surface area contributed by atoms with Crippen LogP contribution in [0.15, 0.2) is 36.4 Å². The van der Waals surface area contributed by atoms with Crippen molar-refractivity contribution in [3.05, 3.63) is 69.1 Å². The van der Waals surface area contributed by atoms with Crippen LogP contribution in [0, 0.1) is 0 Å². The van der Waals surface area contributed by atoms with Gasteiger partial charge in [0.15, 0.2) is 0 Å². The van der Waals surface area contributed by atoms with Crippen molar-refractivity contribution in [3.63, 3.8) is 0 Å². The topological polar surface area (TPSA) is 25.8 Å². The van der Waals surface area contributed by atoms with Gasteiger partial charge in [-0.3, -0.25) is 0 Å². The summed E-state index contributed by atoms with van der Waals surface area (Å²) < 4.78 is 9.51. The molecule has 39 heavy (non-hydrogen) atoms. The molecule has 0 bridgehead atoms. The average molecular weight is 569 g/mol. The standard InChI is InChI=1S/C34H36N2S3/c1-31(2,3)20-12-11-17(27-28(20)36-39-35-27)25-15-23-29(37-25)18-13-22-19(14-21(18)33(23,7)8)30-24(34(22,9)10)16-26(38-30)32(4,5)6/h11-16H,1-10H3. The maximum atomic E-state index is 4.78. The van der Waals surface area contributed by atoms with E-state index in [1.807, 2.05) is 22.7 Å². The largest absolute Gasteiger partial charge is 0.173 e. The number of aromatic nitrogens is 2. The van der Waals surface area contributed by atoms with Gasteiger partial charge in [0.05, 0.1) is 11.7 Å². The molecule has 0 fully saturated rings. The van der Waals surface area contributed by atoms with Gasteiger partial charge in [-0.05, 0) is 74.0 Å². The number of thiophene rings is 2. The van der Waals surface area contributed by atoms with Crippen molar-refractivity contribution in [1.82, 2.24) is 8.75 Å². The van der Waals surface area contributed by atoms with Crippen LogP contribution in [0.3, 0.4) is 0 Å². The molecule has 0 aliphatic heterocycles. The third kappa shape index (κ3) is 3.42. The van der Waals surface area contributed by atoms with E-state index in [0.29, 0.717) is 0 Å². The van der Waals surface area contributed by atoms with E-state index < -0.39 is 0 Å². The summed E-state index contributed by atoms with van der Waals surface area (Å²) in [6, 6.07) is 14.5. The molecule has 0 atom stereocenters. The Balaban J connectivity index is 1.40. The molecule has 3 aromatic heterocycles. The van der Waals surface area contributed by atoms with E-state index in [-0.39, 0.29) is 21.7 Å². The van der Waals surface area contributed by atoms with E-state index in [0.717, 1.165) is 11.0 Å². The summed E-state index contributed by atoms with van der Waals surface area (Å²) in [7, 11) is 0. The number of benzene rings is 2. The van der Waals surface area contributed by atoms with Gasteiger partial charge in [0, 0.05) is 35.9 Å². The third-order valence-electron chi connectivity index (χ3n) is 9.03. The molecule has 0 unspecified atom stereocenters. The highest BCUT2D eigenvalue weighted by Gasteiger charge is 2.44. The molecule has 2 aliphatic rings. The number of nitrogens with zero attached hydrogens (tertiary/aromatic N) is 2. The Morgan fingerprint density at radius 3 is 1.74 bits per heavy atom. The molecule has 0 saturated heterocycles. The van der Waals surface area contributed by atoms with Gasteiger partial charge in [0.1, 0.15) is 11.0 Å². The first-order valence-corrected chi connectivity index (χ1v) is 16.2. The Morgan fingerprint density at radius 1 is 0.590 bits per heavy atom. The lowest BCUT2D eigenvalue weighted by Gasteiger charge is -2.25. The highest BCUT2D eigenvalue weighted by molar-refractivity contribution is 7.19. The van der Waals surface area contributed by atoms with E-state index in [1.165, 1.54) is 75.7 Å². The molecule has 0 N–H and O–H groups in total. The third-order valence-corrected chi connectivity index (χ3v) is 12.4. The monoisotopic (exact) mass is 568 g/mol. The van der Waals surface area contributed by atoms with Gasteiger partial charge >= 0.3 is 0 Å². The fraction of sp³-hybridized carbons (Fsp3) is 0.412. The predicted molar refractivity (Wildman–Crippen MR) is 171 cm³/mol. The minimum Gasteiger partial charge on any atom is -0.173 e. The SMILES string of the molecule is CC(C)(C)c1cc2c(s1)-c1cc3c(cc1C2(C)C)-c1sc(-c2ccc(C(C)(C)C)c4nsnc24)cc1C3(C)C. The summed E-state index contributed by atoms with van der Waals surface area (Å²) in [5, 5.41) is 0. The molecule has 3 heterocycles. The minimum absolute atomic E-state index is 0.00784. The number of hydrogen-bond acceptors (Lipinski definition) is 5. The van der Waals surface area contributed by atoms with Gasteiger partial charge in [-0.2, -0.15) is 8.75 Å². The van der Waals surface area contributed by atoms with Crippen LogP contribution in [-0.2, 0) is 21.7 Å². The second-order valence-corrected chi connectivity index (χ2v) is 17.2. The zero-order valence-corrected chi connectivity index (χ0v) is 27.0. The van der Waals surface area contributed by atoms with E-state index in [9.17, 15) is 0 Å². The smallest absolute Gasteiger partial charge is 0.113 e. The van der Waals surface area contributed by atoms with Crippen LogP contribution >= 0.6 is 34.4 Å². The van der Waals surface area contributed by atoms with Crippen LogP contribution in [0.5, 0.6) is 0 Å². The lowest BCUT2D eigenvalue weighted by Crippen LogP contribution is -2.17. The van der Waals surface area contributed by atoms with Crippen molar-refractivity contribution in [2.75, 3.05) is 0 Å². The second kappa shape index (κ2) is 7.69. The summed E-state index contributed by atoms with van der Waals surface area (Å²) in [4.78, 5) is 5.68. The first-order chi connectivity index (χ1) is 18.1. The quantitative estimate of drug-likeness (QED) is 0.201. The van der Waals surface area contributed by atoms with Crippen LogP contribution in [0.1, 0.15) is 102 Å². The van der Waals surface area contributed by atoms with E-state index >= 15 is 0 Å². The zero-order chi connectivity index (χ0) is 27.9. The molecule has 0 saturated carbocycles. The first kappa shape index (κ1) is 25.6. The van der Waals surface area contributed by atoms with Gasteiger partial charge in [0.2, 0.25) is 0 Å². The van der Waals surface area contributed by atoms with Crippen LogP contribution in [-0.4, -0.2) is 8.75 Å². The fourth-order valence-corrected chi connectivity index (χ4v) is 9.94. The van der Waals surface area contributed by atoms with E-state index in [4.69, 9.17) is 8.75 Å². The number of hydrogen-bond donors (Lipinski definition) is 0. The molecule has 0 radical (unpaired) electrons. The fourth-order valence-electron chi connectivity index (χ4n) is 6.58. The summed E-state index contributed by atoms with van der Waals surface area (Å²) in [5.41, 5.74) is 13.5. The Labute approximate surface area is 244 Å². The van der Waals surface area contributed by atoms with Crippen LogP contribution in [0.25, 0.3) is 42.4 Å². The number of rotatable bonds is 1. The lowest BCUT2D eigenvalue weighted by molar-refractivity contribution is 0.595. The highest BCUT2D eigenvalue weighted by atomic mass is 32.1. The van der Waals surface area contributed by atoms with Crippen molar-refractivity contribution in [3.8, 4) is 31.3 Å². The van der Waals surface area contributed by atoms with Gasteiger partial charge in [-0.25, -0.2) is 0 Å². The zero-order valence-electron chi connectivity index (χ0n) is 24.6. The van der Waals surface area contributed by atoms with Crippen LogP contribution in [0.4, 0.5) is 0 Å². The summed E-state index contributed by atoms with van der Waals surface area (Å²) in [6.45, 7) is 23.4. The van der Waals surface area contributed by atoms with Crippen molar-refractivity contribution < 1.29 is 0 Å². The molecule has 2 aliphatic carbocycles. The maximum absolute atomic E-state index is 4.78. The van der Waals surface area contributed by atoms with Crippen molar-refractivity contribution >= 4 is 45.4 Å². The van der Waals surface area contributed by atoms with E-state index in [2.05, 4.69) is 106 Å². The molecule has 2 aromatic carbocycles. The highest BCUT2D eigenvalue weighted by Crippen LogP contribution is 2.60. The van der Waals surface area contributed by atoms with Gasteiger partial charge in [-0.1, -0.05) is 81.4 Å². The molecule has 200 valence electrons. The summed E-state index contributed by atoms with van der Waals surface area (Å²) in [6.07, 6.45) is 0. The molecule has 5 aromatic rings. The van der Waals surface area contributed by atoms with E-state index in [1.54, 1.807) is 0 Å².